The molecule has 1 spiro atoms. The van der Waals surface area contributed by atoms with Crippen molar-refractivity contribution in [3.63, 3.8) is 0 Å². The average Bonchev–Trinajstić information content (AvgIpc) is 3.21. The van der Waals surface area contributed by atoms with E-state index in [1.165, 1.54) is 6.07 Å². The van der Waals surface area contributed by atoms with Crippen LogP contribution in [0.2, 0.25) is 5.02 Å². The molecule has 3 aromatic rings. The SMILES string of the molecule is Cc1ccc(Cl)cc1S(=O)(=O)N1CCC2(CC1)CC2c1nc(-c2cccnc2)no1. The monoisotopic (exact) mass is 444 g/mol. The number of sulfonamides is 1. The van der Waals surface area contributed by atoms with E-state index in [2.05, 4.69) is 15.1 Å². The number of benzene rings is 1. The van der Waals surface area contributed by atoms with Crippen molar-refractivity contribution < 1.29 is 12.9 Å². The van der Waals surface area contributed by atoms with Gasteiger partial charge in [-0.2, -0.15) is 9.29 Å². The maximum atomic E-state index is 13.1. The van der Waals surface area contributed by atoms with Crippen LogP contribution in [0, 0.1) is 12.3 Å². The van der Waals surface area contributed by atoms with Crippen molar-refractivity contribution in [2.75, 3.05) is 13.1 Å². The normalized spacial score (nSPS) is 21.1. The maximum absolute atomic E-state index is 13.1. The van der Waals surface area contributed by atoms with E-state index < -0.39 is 10.0 Å². The predicted molar refractivity (Wildman–Crippen MR) is 112 cm³/mol. The Bertz CT molecular complexity index is 1190. The van der Waals surface area contributed by atoms with Crippen molar-refractivity contribution in [2.24, 2.45) is 5.41 Å². The molecule has 0 N–H and O–H groups in total. The van der Waals surface area contributed by atoms with Crippen molar-refractivity contribution in [3.8, 4) is 11.4 Å². The third-order valence-corrected chi connectivity index (χ3v) is 8.61. The van der Waals surface area contributed by atoms with Crippen molar-refractivity contribution >= 4 is 21.6 Å². The second-order valence-electron chi connectivity index (χ2n) is 8.13. The molecule has 1 unspecified atom stereocenters. The van der Waals surface area contributed by atoms with Crippen LogP contribution < -0.4 is 0 Å². The molecular formula is C21H21ClN4O3S. The molecule has 3 heterocycles. The standard InChI is InChI=1S/C21H21ClN4O3S/c1-14-4-5-16(22)11-18(14)30(27,28)26-9-6-21(7-10-26)12-17(21)20-24-19(25-29-20)15-3-2-8-23-13-15/h2-5,8,11,13,17H,6-7,9-10,12H2,1H3. The number of aromatic nitrogens is 3. The molecule has 1 aromatic carbocycles. The summed E-state index contributed by atoms with van der Waals surface area (Å²) in [5.74, 6) is 1.36. The highest BCUT2D eigenvalue weighted by Gasteiger charge is 2.59. The van der Waals surface area contributed by atoms with Crippen molar-refractivity contribution in [3.05, 3.63) is 59.2 Å². The van der Waals surface area contributed by atoms with Gasteiger partial charge >= 0.3 is 0 Å². The van der Waals surface area contributed by atoms with Crippen LogP contribution in [-0.2, 0) is 10.0 Å². The minimum absolute atomic E-state index is 0.0497. The lowest BCUT2D eigenvalue weighted by atomic mass is 9.92. The number of piperidine rings is 1. The third kappa shape index (κ3) is 3.33. The fraction of sp³-hybridized carbons (Fsp3) is 0.381. The Kier molecular flexibility index (Phi) is 4.68. The molecule has 2 aliphatic rings. The lowest BCUT2D eigenvalue weighted by Crippen LogP contribution is -2.39. The van der Waals surface area contributed by atoms with E-state index in [1.807, 2.05) is 12.1 Å². The maximum Gasteiger partial charge on any atom is 0.243 e. The largest absolute Gasteiger partial charge is 0.339 e. The van der Waals surface area contributed by atoms with Crippen LogP contribution in [-0.4, -0.2) is 40.9 Å². The van der Waals surface area contributed by atoms with Gasteiger partial charge in [0.1, 0.15) is 0 Å². The van der Waals surface area contributed by atoms with Gasteiger partial charge in [-0.15, -0.1) is 0 Å². The van der Waals surface area contributed by atoms with E-state index in [-0.39, 0.29) is 16.2 Å². The second kappa shape index (κ2) is 7.14. The molecule has 2 aromatic heterocycles. The highest BCUT2D eigenvalue weighted by molar-refractivity contribution is 7.89. The summed E-state index contributed by atoms with van der Waals surface area (Å²) in [6, 6.07) is 8.72. The Morgan fingerprint density at radius 1 is 1.23 bits per heavy atom. The van der Waals surface area contributed by atoms with E-state index >= 15 is 0 Å². The summed E-state index contributed by atoms with van der Waals surface area (Å²) in [5.41, 5.74) is 1.58. The average molecular weight is 445 g/mol. The van der Waals surface area contributed by atoms with Gasteiger partial charge in [0.25, 0.3) is 0 Å². The van der Waals surface area contributed by atoms with Crippen LogP contribution >= 0.6 is 11.6 Å². The van der Waals surface area contributed by atoms with Gasteiger partial charge < -0.3 is 4.52 Å². The molecule has 1 atom stereocenters. The van der Waals surface area contributed by atoms with Gasteiger partial charge in [-0.05, 0) is 61.4 Å². The van der Waals surface area contributed by atoms with Crippen molar-refractivity contribution in [1.82, 2.24) is 19.4 Å². The van der Waals surface area contributed by atoms with Gasteiger partial charge in [-0.25, -0.2) is 8.42 Å². The summed E-state index contributed by atoms with van der Waals surface area (Å²) in [6.45, 7) is 2.75. The van der Waals surface area contributed by atoms with Gasteiger partial charge in [-0.3, -0.25) is 4.98 Å². The number of rotatable bonds is 4. The molecule has 156 valence electrons. The number of hydrogen-bond donors (Lipinski definition) is 0. The summed E-state index contributed by atoms with van der Waals surface area (Å²) in [7, 11) is -3.56. The van der Waals surface area contributed by atoms with Gasteiger partial charge in [0.15, 0.2) is 0 Å². The molecule has 9 heteroatoms. The predicted octanol–water partition coefficient (Wildman–Crippen LogP) is 4.05. The summed E-state index contributed by atoms with van der Waals surface area (Å²) in [5, 5.41) is 4.52. The Morgan fingerprint density at radius 3 is 2.77 bits per heavy atom. The first-order valence-corrected chi connectivity index (χ1v) is 11.7. The van der Waals surface area contributed by atoms with Gasteiger partial charge in [0.2, 0.25) is 21.7 Å². The van der Waals surface area contributed by atoms with Crippen LogP contribution in [0.1, 0.15) is 36.6 Å². The first-order valence-electron chi connectivity index (χ1n) is 9.89. The van der Waals surface area contributed by atoms with Crippen LogP contribution in [0.5, 0.6) is 0 Å². The van der Waals surface area contributed by atoms with E-state index in [0.29, 0.717) is 35.4 Å². The minimum atomic E-state index is -3.56. The smallest absolute Gasteiger partial charge is 0.243 e. The number of hydrogen-bond acceptors (Lipinski definition) is 6. The molecule has 7 nitrogen and oxygen atoms in total. The van der Waals surface area contributed by atoms with Crippen molar-refractivity contribution in [1.29, 1.82) is 0 Å². The molecule has 5 rings (SSSR count). The topological polar surface area (TPSA) is 89.2 Å². The third-order valence-electron chi connectivity index (χ3n) is 6.34. The summed E-state index contributed by atoms with van der Waals surface area (Å²) < 4.78 is 33.3. The van der Waals surface area contributed by atoms with Crippen LogP contribution in [0.15, 0.2) is 52.1 Å². The lowest BCUT2D eigenvalue weighted by molar-refractivity contribution is 0.242. The second-order valence-corrected chi connectivity index (χ2v) is 10.5. The Labute approximate surface area is 180 Å². The minimum Gasteiger partial charge on any atom is -0.339 e. The molecule has 0 bridgehead atoms. The van der Waals surface area contributed by atoms with E-state index in [1.54, 1.807) is 35.8 Å². The zero-order valence-corrected chi connectivity index (χ0v) is 18.0. The Balaban J connectivity index is 1.29. The summed E-state index contributed by atoms with van der Waals surface area (Å²) in [4.78, 5) is 8.94. The number of nitrogens with zero attached hydrogens (tertiary/aromatic N) is 4. The molecule has 30 heavy (non-hydrogen) atoms. The Hall–Kier alpha value is -2.29. The molecule has 0 radical (unpaired) electrons. The molecule has 2 fully saturated rings. The zero-order valence-electron chi connectivity index (χ0n) is 16.5. The lowest BCUT2D eigenvalue weighted by Gasteiger charge is -2.32. The van der Waals surface area contributed by atoms with Gasteiger partial charge in [0.05, 0.1) is 4.90 Å². The molecule has 0 amide bonds. The highest BCUT2D eigenvalue weighted by atomic mass is 35.5. The van der Waals surface area contributed by atoms with Crippen LogP contribution in [0.4, 0.5) is 0 Å². The van der Waals surface area contributed by atoms with E-state index in [4.69, 9.17) is 16.1 Å². The Morgan fingerprint density at radius 2 is 2.03 bits per heavy atom. The molecule has 1 saturated carbocycles. The fourth-order valence-corrected chi connectivity index (χ4v) is 6.33. The van der Waals surface area contributed by atoms with Crippen molar-refractivity contribution in [2.45, 2.75) is 37.0 Å². The highest BCUT2D eigenvalue weighted by Crippen LogP contribution is 2.64. The molecule has 1 saturated heterocycles. The number of halogens is 1. The van der Waals surface area contributed by atoms with E-state index in [9.17, 15) is 8.42 Å². The summed E-state index contributed by atoms with van der Waals surface area (Å²) in [6.07, 6.45) is 5.92. The summed E-state index contributed by atoms with van der Waals surface area (Å²) >= 11 is 6.04. The fourth-order valence-electron chi connectivity index (χ4n) is 4.40. The van der Waals surface area contributed by atoms with Crippen LogP contribution in [0.3, 0.4) is 0 Å². The first-order chi connectivity index (χ1) is 14.4. The molecule has 1 aliphatic heterocycles. The molecule has 1 aliphatic carbocycles. The quantitative estimate of drug-likeness (QED) is 0.603. The van der Waals surface area contributed by atoms with Gasteiger partial charge in [0, 0.05) is 42.0 Å². The number of pyridine rings is 1. The van der Waals surface area contributed by atoms with Crippen LogP contribution in [0.25, 0.3) is 11.4 Å². The van der Waals surface area contributed by atoms with Gasteiger partial charge in [-0.1, -0.05) is 22.8 Å². The number of aryl methyl sites for hydroxylation is 1. The van der Waals surface area contributed by atoms with E-state index in [0.717, 1.165) is 24.8 Å². The zero-order chi connectivity index (χ0) is 20.9. The molecular weight excluding hydrogens is 424 g/mol. The first kappa shape index (κ1) is 19.7.